The molecule has 0 saturated carbocycles. The van der Waals surface area contributed by atoms with Crippen molar-refractivity contribution >= 4 is 24.3 Å². The highest BCUT2D eigenvalue weighted by Gasteiger charge is 2.26. The molecule has 0 aromatic carbocycles. The largest absolute Gasteiger partial charge is 0.481 e. The van der Waals surface area contributed by atoms with Crippen LogP contribution in [0.15, 0.2) is 12.7 Å². The standard InChI is InChI=1S/C7H11NO4.ClH/c1-2-4(8)3-5(6(9)10)7(11)12;/h2,4-5H,1,3,8H2,(H,9,10)(H,11,12);1H. The Morgan fingerprint density at radius 1 is 1.38 bits per heavy atom. The maximum absolute atomic E-state index is 10.3. The second-order valence-electron chi connectivity index (χ2n) is 2.36. The maximum atomic E-state index is 10.3. The summed E-state index contributed by atoms with van der Waals surface area (Å²) in [6, 6.07) is -0.595. The van der Waals surface area contributed by atoms with Gasteiger partial charge in [0.2, 0.25) is 0 Å². The molecular formula is C7H12ClNO4. The fourth-order valence-electron chi connectivity index (χ4n) is 0.676. The molecule has 0 spiro atoms. The van der Waals surface area contributed by atoms with E-state index < -0.39 is 23.9 Å². The molecule has 0 aromatic rings. The van der Waals surface area contributed by atoms with Gasteiger partial charge in [0.1, 0.15) is 0 Å². The van der Waals surface area contributed by atoms with Gasteiger partial charge in [0.15, 0.2) is 5.92 Å². The third-order valence-corrected chi connectivity index (χ3v) is 1.41. The number of nitrogens with two attached hydrogens (primary N) is 1. The molecule has 0 aliphatic rings. The van der Waals surface area contributed by atoms with Gasteiger partial charge < -0.3 is 15.9 Å². The maximum Gasteiger partial charge on any atom is 0.317 e. The summed E-state index contributed by atoms with van der Waals surface area (Å²) in [6.07, 6.45) is 1.19. The van der Waals surface area contributed by atoms with E-state index in [2.05, 4.69) is 6.58 Å². The quantitative estimate of drug-likeness (QED) is 0.440. The lowest BCUT2D eigenvalue weighted by Crippen LogP contribution is -2.30. The molecule has 0 rings (SSSR count). The van der Waals surface area contributed by atoms with E-state index in [0.29, 0.717) is 0 Å². The lowest BCUT2D eigenvalue weighted by molar-refractivity contribution is -0.154. The van der Waals surface area contributed by atoms with Crippen LogP contribution in [0.1, 0.15) is 6.42 Å². The first-order valence-electron chi connectivity index (χ1n) is 3.32. The van der Waals surface area contributed by atoms with Crippen molar-refractivity contribution in [2.75, 3.05) is 0 Å². The zero-order valence-corrected chi connectivity index (χ0v) is 7.66. The van der Waals surface area contributed by atoms with E-state index in [9.17, 15) is 9.59 Å². The van der Waals surface area contributed by atoms with E-state index >= 15 is 0 Å². The van der Waals surface area contributed by atoms with Crippen molar-refractivity contribution in [2.24, 2.45) is 11.7 Å². The lowest BCUT2D eigenvalue weighted by atomic mass is 10.0. The van der Waals surface area contributed by atoms with Gasteiger partial charge >= 0.3 is 11.9 Å². The summed E-state index contributed by atoms with van der Waals surface area (Å²) in [5.74, 6) is -4.20. The van der Waals surface area contributed by atoms with Crippen LogP contribution in [0.25, 0.3) is 0 Å². The van der Waals surface area contributed by atoms with E-state index in [4.69, 9.17) is 15.9 Å². The summed E-state index contributed by atoms with van der Waals surface area (Å²) in [5, 5.41) is 16.8. The Hall–Kier alpha value is -1.07. The van der Waals surface area contributed by atoms with Gasteiger partial charge in [-0.3, -0.25) is 9.59 Å². The van der Waals surface area contributed by atoms with Crippen molar-refractivity contribution in [3.05, 3.63) is 12.7 Å². The fourth-order valence-corrected chi connectivity index (χ4v) is 0.676. The average Bonchev–Trinajstić information content (AvgIpc) is 1.98. The Kier molecular flexibility index (Phi) is 7.17. The highest BCUT2D eigenvalue weighted by atomic mass is 35.5. The van der Waals surface area contributed by atoms with Crippen molar-refractivity contribution < 1.29 is 19.8 Å². The van der Waals surface area contributed by atoms with Crippen LogP contribution >= 0.6 is 12.4 Å². The fraction of sp³-hybridized carbons (Fsp3) is 0.429. The van der Waals surface area contributed by atoms with Crippen LogP contribution in [0.5, 0.6) is 0 Å². The highest BCUT2D eigenvalue weighted by molar-refractivity contribution is 5.92. The van der Waals surface area contributed by atoms with Crippen LogP contribution in [0.3, 0.4) is 0 Å². The number of carboxylic acids is 2. The monoisotopic (exact) mass is 209 g/mol. The number of halogens is 1. The Morgan fingerprint density at radius 3 is 2.00 bits per heavy atom. The SMILES string of the molecule is C=CC(N)CC(C(=O)O)C(=O)O.Cl. The van der Waals surface area contributed by atoms with E-state index in [1.165, 1.54) is 6.08 Å². The summed E-state index contributed by atoms with van der Waals surface area (Å²) in [5.41, 5.74) is 5.30. The number of hydrogen-bond donors (Lipinski definition) is 3. The topological polar surface area (TPSA) is 101 Å². The molecule has 0 aliphatic heterocycles. The van der Waals surface area contributed by atoms with Crippen LogP contribution in [0.2, 0.25) is 0 Å². The predicted octanol–water partition coefficient (Wildman–Crippen LogP) is 0.0970. The molecule has 4 N–H and O–H groups in total. The van der Waals surface area contributed by atoms with Gasteiger partial charge in [-0.05, 0) is 6.42 Å². The predicted molar refractivity (Wildman–Crippen MR) is 48.8 cm³/mol. The molecule has 6 heteroatoms. The number of carboxylic acid groups (broad SMARTS) is 2. The average molecular weight is 210 g/mol. The first kappa shape index (κ1) is 14.5. The van der Waals surface area contributed by atoms with E-state index in [1.807, 2.05) is 0 Å². The summed E-state index contributed by atoms with van der Waals surface area (Å²) < 4.78 is 0. The summed E-state index contributed by atoms with van der Waals surface area (Å²) >= 11 is 0. The van der Waals surface area contributed by atoms with Crippen LogP contribution in [0.4, 0.5) is 0 Å². The first-order chi connectivity index (χ1) is 5.49. The van der Waals surface area contributed by atoms with Gasteiger partial charge in [0, 0.05) is 6.04 Å². The zero-order chi connectivity index (χ0) is 9.72. The van der Waals surface area contributed by atoms with Gasteiger partial charge in [0.25, 0.3) is 0 Å². The van der Waals surface area contributed by atoms with Crippen molar-refractivity contribution in [3.8, 4) is 0 Å². The Morgan fingerprint density at radius 2 is 1.77 bits per heavy atom. The molecule has 13 heavy (non-hydrogen) atoms. The van der Waals surface area contributed by atoms with Gasteiger partial charge in [-0.15, -0.1) is 19.0 Å². The lowest BCUT2D eigenvalue weighted by Gasteiger charge is -2.09. The van der Waals surface area contributed by atoms with E-state index in [0.717, 1.165) is 0 Å². The molecule has 0 saturated heterocycles. The van der Waals surface area contributed by atoms with Crippen LogP contribution in [-0.2, 0) is 9.59 Å². The van der Waals surface area contributed by atoms with Gasteiger partial charge in [-0.2, -0.15) is 0 Å². The molecule has 1 unspecified atom stereocenters. The van der Waals surface area contributed by atoms with Gasteiger partial charge in [-0.1, -0.05) is 6.08 Å². The minimum absolute atomic E-state index is 0. The van der Waals surface area contributed by atoms with E-state index in [-0.39, 0.29) is 18.8 Å². The second kappa shape index (κ2) is 6.45. The smallest absolute Gasteiger partial charge is 0.317 e. The molecule has 0 bridgehead atoms. The molecule has 1 atom stereocenters. The van der Waals surface area contributed by atoms with Crippen molar-refractivity contribution in [1.82, 2.24) is 0 Å². The van der Waals surface area contributed by atoms with E-state index in [1.54, 1.807) is 0 Å². The number of rotatable bonds is 5. The second-order valence-corrected chi connectivity index (χ2v) is 2.36. The first-order valence-corrected chi connectivity index (χ1v) is 3.32. The molecule has 5 nitrogen and oxygen atoms in total. The third-order valence-electron chi connectivity index (χ3n) is 1.41. The molecule has 0 amide bonds. The third kappa shape index (κ3) is 5.21. The van der Waals surface area contributed by atoms with Crippen LogP contribution in [0, 0.1) is 5.92 Å². The minimum atomic E-state index is -1.45. The van der Waals surface area contributed by atoms with Crippen LogP contribution < -0.4 is 5.73 Å². The molecule has 0 heterocycles. The molecule has 0 fully saturated rings. The summed E-state index contributed by atoms with van der Waals surface area (Å²) in [4.78, 5) is 20.6. The van der Waals surface area contributed by atoms with Crippen molar-refractivity contribution in [3.63, 3.8) is 0 Å². The molecule has 0 aliphatic carbocycles. The summed E-state index contributed by atoms with van der Waals surface area (Å²) in [6.45, 7) is 3.32. The number of aliphatic carboxylic acids is 2. The van der Waals surface area contributed by atoms with Crippen LogP contribution in [-0.4, -0.2) is 28.2 Å². The number of carbonyl (C=O) groups is 2. The van der Waals surface area contributed by atoms with Crippen molar-refractivity contribution in [2.45, 2.75) is 12.5 Å². The molecule has 0 aromatic heterocycles. The normalized spacial score (nSPS) is 11.5. The Bertz CT molecular complexity index is 193. The molecule has 76 valence electrons. The zero-order valence-electron chi connectivity index (χ0n) is 6.84. The highest BCUT2D eigenvalue weighted by Crippen LogP contribution is 2.06. The van der Waals surface area contributed by atoms with Gasteiger partial charge in [0.05, 0.1) is 0 Å². The molecule has 0 radical (unpaired) electrons. The van der Waals surface area contributed by atoms with Crippen molar-refractivity contribution in [1.29, 1.82) is 0 Å². The Labute approximate surface area is 81.6 Å². The molecular weight excluding hydrogens is 198 g/mol. The number of hydrogen-bond acceptors (Lipinski definition) is 3. The minimum Gasteiger partial charge on any atom is -0.481 e. The van der Waals surface area contributed by atoms with Gasteiger partial charge in [-0.25, -0.2) is 0 Å². The summed E-state index contributed by atoms with van der Waals surface area (Å²) in [7, 11) is 0. The Balaban J connectivity index is 0.